The molecule has 5 heteroatoms. The summed E-state index contributed by atoms with van der Waals surface area (Å²) >= 11 is -3.94. The van der Waals surface area contributed by atoms with Crippen LogP contribution in [0.4, 0.5) is 0 Å². The van der Waals surface area contributed by atoms with Crippen LogP contribution in [-0.2, 0) is 2.72 Å². The fourth-order valence-corrected chi connectivity index (χ4v) is 4.62. The summed E-state index contributed by atoms with van der Waals surface area (Å²) in [6.45, 7) is 0. The van der Waals surface area contributed by atoms with Crippen LogP contribution >= 0.6 is 0 Å². The molecule has 7 heavy (non-hydrogen) atoms. The van der Waals surface area contributed by atoms with E-state index in [2.05, 4.69) is 2.72 Å². The molecule has 0 aliphatic carbocycles. The van der Waals surface area contributed by atoms with Crippen molar-refractivity contribution in [3.8, 4) is 0 Å². The van der Waals surface area contributed by atoms with Crippen LogP contribution in [0.1, 0.15) is 0 Å². The molecule has 2 N–H and O–H groups in total. The van der Waals surface area contributed by atoms with Crippen LogP contribution in [0.5, 0.6) is 0 Å². The Morgan fingerprint density at radius 3 is 1.43 bits per heavy atom. The molecule has 0 spiro atoms. The predicted octanol–water partition coefficient (Wildman–Crippen LogP) is -0.776. The molecule has 0 aromatic carbocycles. The van der Waals surface area contributed by atoms with Gasteiger partial charge in [0.1, 0.15) is 0 Å². The Balaban J connectivity index is 2.95. The normalized spacial score (nSPS) is 18.9. The van der Waals surface area contributed by atoms with E-state index in [0.29, 0.717) is 0 Å². The second-order valence-corrected chi connectivity index (χ2v) is 7.03. The van der Waals surface area contributed by atoms with E-state index in [9.17, 15) is 0 Å². The zero-order valence-electron chi connectivity index (χ0n) is 4.20. The molecule has 0 fully saturated rings. The van der Waals surface area contributed by atoms with Crippen molar-refractivity contribution in [2.75, 3.05) is 0 Å². The molecule has 0 aromatic heterocycles. The third-order valence-electron chi connectivity index (χ3n) is 0.236. The van der Waals surface area contributed by atoms with Gasteiger partial charge in [0.15, 0.2) is 0 Å². The molecule has 0 bridgehead atoms. The maximum absolute atomic E-state index is 8.52. The molecule has 0 aliphatic rings. The first-order valence-electron chi connectivity index (χ1n) is 1.66. The van der Waals surface area contributed by atoms with Crippen LogP contribution < -0.4 is 0 Å². The number of hydrogen-bond acceptors (Lipinski definition) is 3. The summed E-state index contributed by atoms with van der Waals surface area (Å²) in [6.07, 6.45) is 0. The average Bonchev–Trinajstić information content (AvgIpc) is 1.27. The van der Waals surface area contributed by atoms with Gasteiger partial charge in [-0.3, -0.25) is 0 Å². The Morgan fingerprint density at radius 2 is 1.43 bits per heavy atom. The molecule has 0 saturated carbocycles. The molecular weight excluding hydrogens is 222 g/mol. The van der Waals surface area contributed by atoms with Crippen molar-refractivity contribution in [2.45, 2.75) is 11.4 Å². The molecule has 2 atom stereocenters. The van der Waals surface area contributed by atoms with Gasteiger partial charge in [-0.15, -0.1) is 0 Å². The van der Waals surface area contributed by atoms with Crippen LogP contribution in [0.3, 0.4) is 0 Å². The number of rotatable bonds is 2. The van der Waals surface area contributed by atoms with Crippen molar-refractivity contribution in [1.29, 1.82) is 0 Å². The van der Waals surface area contributed by atoms with Gasteiger partial charge in [0, 0.05) is 0 Å². The van der Waals surface area contributed by atoms with E-state index in [1.807, 2.05) is 0 Å². The molecule has 0 heterocycles. The third-order valence-corrected chi connectivity index (χ3v) is 6.38. The summed E-state index contributed by atoms with van der Waals surface area (Å²) in [6, 6.07) is 0. The van der Waals surface area contributed by atoms with Crippen molar-refractivity contribution >= 4 is 30.7 Å². The first-order valence-corrected chi connectivity index (χ1v) is 8.62. The zero-order valence-corrected chi connectivity index (χ0v) is 7.95. The molecule has 0 saturated heterocycles. The fraction of sp³-hybridized carbons (Fsp3) is 1.00. The summed E-state index contributed by atoms with van der Waals surface area (Å²) in [4.78, 5) is 0. The van der Waals surface area contributed by atoms with Gasteiger partial charge in [0.25, 0.3) is 0 Å². The molecule has 3 nitrogen and oxygen atoms in total. The van der Waals surface area contributed by atoms with Gasteiger partial charge in [-0.25, -0.2) is 0 Å². The summed E-state index contributed by atoms with van der Waals surface area (Å²) < 4.78 is 21.7. The summed E-state index contributed by atoms with van der Waals surface area (Å²) in [5, 5.41) is 0. The fourth-order valence-electron chi connectivity index (χ4n) is 0.171. The van der Waals surface area contributed by atoms with Gasteiger partial charge in [0.2, 0.25) is 0 Å². The average molecular weight is 230 g/mol. The Kier molecular flexibility index (Phi) is 4.50. The first kappa shape index (κ1) is 8.00. The van der Waals surface area contributed by atoms with Gasteiger partial charge in [-0.1, -0.05) is 0 Å². The van der Waals surface area contributed by atoms with Gasteiger partial charge >= 0.3 is 53.0 Å². The van der Waals surface area contributed by atoms with Crippen LogP contribution in [0.15, 0.2) is 0 Å². The minimum absolute atomic E-state index is 1.62. The standard InChI is InChI=1S/C2H8As2O3/c1-3(5)7-4(2)6/h5-6H,1-2H3. The summed E-state index contributed by atoms with van der Waals surface area (Å²) in [5.74, 6) is 0. The second kappa shape index (κ2) is 3.93. The summed E-state index contributed by atoms with van der Waals surface area (Å²) in [7, 11) is 0. The van der Waals surface area contributed by atoms with Crippen molar-refractivity contribution in [3.63, 3.8) is 0 Å². The quantitative estimate of drug-likeness (QED) is 0.612. The third kappa shape index (κ3) is 7.00. The van der Waals surface area contributed by atoms with Gasteiger partial charge in [-0.2, -0.15) is 0 Å². The molecule has 0 amide bonds. The molecule has 0 radical (unpaired) electrons. The Bertz CT molecular complexity index is 40.2. The van der Waals surface area contributed by atoms with Crippen molar-refractivity contribution < 1.29 is 10.9 Å². The van der Waals surface area contributed by atoms with E-state index in [4.69, 9.17) is 8.19 Å². The van der Waals surface area contributed by atoms with Gasteiger partial charge in [0.05, 0.1) is 0 Å². The number of hydrogen-bond donors (Lipinski definition) is 2. The van der Waals surface area contributed by atoms with E-state index in [0.717, 1.165) is 0 Å². The van der Waals surface area contributed by atoms with E-state index >= 15 is 0 Å². The molecule has 2 unspecified atom stereocenters. The Hall–Kier alpha value is 0.997. The van der Waals surface area contributed by atoms with Gasteiger partial charge in [-0.05, 0) is 0 Å². The van der Waals surface area contributed by atoms with E-state index < -0.39 is 30.7 Å². The first-order chi connectivity index (χ1) is 3.13. The van der Waals surface area contributed by atoms with Crippen LogP contribution in [0, 0.1) is 0 Å². The predicted molar refractivity (Wildman–Crippen MR) is 28.8 cm³/mol. The van der Waals surface area contributed by atoms with E-state index in [1.54, 1.807) is 11.4 Å². The maximum atomic E-state index is 8.52. The van der Waals surface area contributed by atoms with Crippen molar-refractivity contribution in [2.24, 2.45) is 0 Å². The van der Waals surface area contributed by atoms with Crippen LogP contribution in [-0.4, -0.2) is 38.9 Å². The molecular formula is C2H8As2O3. The Morgan fingerprint density at radius 1 is 1.14 bits per heavy atom. The summed E-state index contributed by atoms with van der Waals surface area (Å²) in [5.41, 5.74) is 3.24. The molecule has 0 rings (SSSR count). The van der Waals surface area contributed by atoms with E-state index in [1.165, 1.54) is 0 Å². The molecule has 0 aromatic rings. The van der Waals surface area contributed by atoms with Crippen LogP contribution in [0.2, 0.25) is 11.4 Å². The van der Waals surface area contributed by atoms with E-state index in [-0.39, 0.29) is 0 Å². The van der Waals surface area contributed by atoms with Gasteiger partial charge < -0.3 is 0 Å². The van der Waals surface area contributed by atoms with Crippen molar-refractivity contribution in [1.82, 2.24) is 0 Å². The molecule has 0 aliphatic heterocycles. The monoisotopic (exact) mass is 230 g/mol. The zero-order chi connectivity index (χ0) is 5.86. The van der Waals surface area contributed by atoms with Crippen molar-refractivity contribution in [3.05, 3.63) is 0 Å². The minimum atomic E-state index is -1.97. The SMILES string of the molecule is C[As](O)O[As](C)O. The van der Waals surface area contributed by atoms with Crippen LogP contribution in [0.25, 0.3) is 0 Å². The molecule has 44 valence electrons. The second-order valence-electron chi connectivity index (χ2n) is 1.01. The Labute approximate surface area is 53.2 Å². The topological polar surface area (TPSA) is 49.7 Å².